The third-order valence-corrected chi connectivity index (χ3v) is 4.39. The Labute approximate surface area is 122 Å². The molecule has 0 aliphatic heterocycles. The van der Waals surface area contributed by atoms with E-state index in [1.54, 1.807) is 16.5 Å². The highest BCUT2D eigenvalue weighted by Crippen LogP contribution is 2.33. The molecular weight excluding hydrogens is 242 g/mol. The highest BCUT2D eigenvalue weighted by Gasteiger charge is 2.15. The molecule has 0 fully saturated rings. The predicted octanol–water partition coefficient (Wildman–Crippen LogP) is 4.26. The molecule has 1 heteroatoms. The first kappa shape index (κ1) is 13.6. The van der Waals surface area contributed by atoms with Gasteiger partial charge in [0.1, 0.15) is 0 Å². The lowest BCUT2D eigenvalue weighted by Crippen LogP contribution is -2.23. The van der Waals surface area contributed by atoms with Crippen molar-refractivity contribution in [3.63, 3.8) is 0 Å². The van der Waals surface area contributed by atoms with Crippen LogP contribution in [0.3, 0.4) is 0 Å². The van der Waals surface area contributed by atoms with Crippen LogP contribution in [0, 0.1) is 0 Å². The maximum Gasteiger partial charge on any atom is 0.00103 e. The predicted molar refractivity (Wildman–Crippen MR) is 87.4 cm³/mol. The van der Waals surface area contributed by atoms with Crippen molar-refractivity contribution >= 4 is 10.8 Å². The third-order valence-electron chi connectivity index (χ3n) is 4.39. The summed E-state index contributed by atoms with van der Waals surface area (Å²) >= 11 is 0. The van der Waals surface area contributed by atoms with Gasteiger partial charge in [-0.1, -0.05) is 44.2 Å². The van der Waals surface area contributed by atoms with Gasteiger partial charge in [-0.2, -0.15) is 0 Å². The summed E-state index contributed by atoms with van der Waals surface area (Å²) in [7, 11) is 0. The van der Waals surface area contributed by atoms with Crippen molar-refractivity contribution < 1.29 is 0 Å². The average Bonchev–Trinajstić information content (AvgIpc) is 2.86. The Hall–Kier alpha value is -1.34. The lowest BCUT2D eigenvalue weighted by atomic mass is 9.97. The monoisotopic (exact) mass is 267 g/mol. The van der Waals surface area contributed by atoms with Crippen molar-refractivity contribution in [1.29, 1.82) is 0 Å². The lowest BCUT2D eigenvalue weighted by molar-refractivity contribution is 0.558. The minimum Gasteiger partial charge on any atom is -0.315 e. The van der Waals surface area contributed by atoms with Crippen molar-refractivity contribution in [3.8, 4) is 0 Å². The van der Waals surface area contributed by atoms with Gasteiger partial charge in [0.05, 0.1) is 0 Å². The Balaban J connectivity index is 1.70. The van der Waals surface area contributed by atoms with Gasteiger partial charge in [-0.3, -0.25) is 0 Å². The van der Waals surface area contributed by atoms with E-state index < -0.39 is 0 Å². The molecule has 20 heavy (non-hydrogen) atoms. The molecule has 2 aromatic carbocycles. The van der Waals surface area contributed by atoms with Gasteiger partial charge >= 0.3 is 0 Å². The molecule has 0 aromatic heterocycles. The van der Waals surface area contributed by atoms with E-state index >= 15 is 0 Å². The zero-order valence-electron chi connectivity index (χ0n) is 12.7. The molecule has 3 rings (SSSR count). The van der Waals surface area contributed by atoms with Crippen molar-refractivity contribution in [3.05, 3.63) is 47.0 Å². The van der Waals surface area contributed by atoms with E-state index in [1.807, 2.05) is 0 Å². The summed E-state index contributed by atoms with van der Waals surface area (Å²) in [6.07, 6.45) is 6.21. The van der Waals surface area contributed by atoms with Crippen molar-refractivity contribution in [1.82, 2.24) is 5.32 Å². The summed E-state index contributed by atoms with van der Waals surface area (Å²) in [5.74, 6) is 0. The molecule has 0 saturated carbocycles. The minimum atomic E-state index is 0.604. The van der Waals surface area contributed by atoms with E-state index in [0.29, 0.717) is 6.04 Å². The number of unbranched alkanes of at least 4 members (excludes halogenated alkanes) is 1. The molecule has 1 aliphatic rings. The van der Waals surface area contributed by atoms with E-state index in [0.717, 1.165) is 6.54 Å². The summed E-state index contributed by atoms with van der Waals surface area (Å²) in [6, 6.07) is 12.2. The van der Waals surface area contributed by atoms with E-state index in [4.69, 9.17) is 0 Å². The number of hydrogen-bond donors (Lipinski definition) is 1. The lowest BCUT2D eigenvalue weighted by Gasteiger charge is -2.10. The fourth-order valence-electron chi connectivity index (χ4n) is 3.36. The topological polar surface area (TPSA) is 12.0 Å². The van der Waals surface area contributed by atoms with E-state index in [9.17, 15) is 0 Å². The average molecular weight is 267 g/mol. The van der Waals surface area contributed by atoms with Crippen LogP contribution in [0.1, 0.15) is 43.4 Å². The zero-order valence-corrected chi connectivity index (χ0v) is 12.7. The number of rotatable bonds is 6. The number of nitrogens with one attached hydrogen (secondary N) is 1. The van der Waals surface area contributed by atoms with E-state index in [1.165, 1.54) is 43.1 Å². The van der Waals surface area contributed by atoms with Gasteiger partial charge in [-0.25, -0.2) is 0 Å². The third kappa shape index (κ3) is 2.73. The van der Waals surface area contributed by atoms with Crippen LogP contribution in [-0.2, 0) is 19.3 Å². The molecule has 0 spiro atoms. The second-order valence-electron chi connectivity index (χ2n) is 6.29. The second-order valence-corrected chi connectivity index (χ2v) is 6.29. The summed E-state index contributed by atoms with van der Waals surface area (Å²) < 4.78 is 0. The van der Waals surface area contributed by atoms with E-state index in [-0.39, 0.29) is 0 Å². The van der Waals surface area contributed by atoms with E-state index in [2.05, 4.69) is 49.5 Å². The Morgan fingerprint density at radius 3 is 2.60 bits per heavy atom. The first-order valence-electron chi connectivity index (χ1n) is 8.01. The number of hydrogen-bond acceptors (Lipinski definition) is 1. The molecule has 0 heterocycles. The standard InChI is InChI=1S/C19H25N/c1-14(2)20-13-4-3-6-15-9-10-17-12-11-16-7-5-8-18(15)19(16)17/h5,7-10,14,20H,3-4,6,11-13H2,1-2H3. The molecule has 0 unspecified atom stereocenters. The van der Waals surface area contributed by atoms with Gasteiger partial charge in [-0.15, -0.1) is 0 Å². The van der Waals surface area contributed by atoms with Crippen LogP contribution in [-0.4, -0.2) is 12.6 Å². The highest BCUT2D eigenvalue weighted by molar-refractivity contribution is 5.93. The Bertz CT molecular complexity index is 588. The van der Waals surface area contributed by atoms with Crippen LogP contribution >= 0.6 is 0 Å². The van der Waals surface area contributed by atoms with Crippen molar-refractivity contribution in [2.24, 2.45) is 0 Å². The maximum absolute atomic E-state index is 3.50. The summed E-state index contributed by atoms with van der Waals surface area (Å²) in [6.45, 7) is 5.56. The molecule has 0 radical (unpaired) electrons. The molecule has 1 nitrogen and oxygen atoms in total. The molecule has 0 atom stereocenters. The van der Waals surface area contributed by atoms with Gasteiger partial charge in [0.25, 0.3) is 0 Å². The van der Waals surface area contributed by atoms with Gasteiger partial charge in [0.15, 0.2) is 0 Å². The Morgan fingerprint density at radius 1 is 1.00 bits per heavy atom. The van der Waals surface area contributed by atoms with Crippen molar-refractivity contribution in [2.45, 2.75) is 52.0 Å². The first-order chi connectivity index (χ1) is 9.75. The maximum atomic E-state index is 3.50. The number of benzene rings is 2. The zero-order chi connectivity index (χ0) is 13.9. The quantitative estimate of drug-likeness (QED) is 0.771. The van der Waals surface area contributed by atoms with Crippen LogP contribution < -0.4 is 5.32 Å². The van der Waals surface area contributed by atoms with Crippen molar-refractivity contribution in [2.75, 3.05) is 6.54 Å². The Morgan fingerprint density at radius 2 is 1.80 bits per heavy atom. The summed E-state index contributed by atoms with van der Waals surface area (Å²) in [5, 5.41) is 6.57. The summed E-state index contributed by atoms with van der Waals surface area (Å²) in [4.78, 5) is 0. The van der Waals surface area contributed by atoms with Gasteiger partial charge in [0.2, 0.25) is 0 Å². The molecule has 1 aliphatic carbocycles. The molecule has 2 aromatic rings. The Kier molecular flexibility index (Phi) is 4.07. The van der Waals surface area contributed by atoms with Crippen LogP contribution in [0.4, 0.5) is 0 Å². The second kappa shape index (κ2) is 5.97. The number of aryl methyl sites for hydroxylation is 3. The summed E-state index contributed by atoms with van der Waals surface area (Å²) in [5.41, 5.74) is 4.65. The van der Waals surface area contributed by atoms with Crippen LogP contribution in [0.2, 0.25) is 0 Å². The smallest absolute Gasteiger partial charge is 0.00103 e. The fourth-order valence-corrected chi connectivity index (χ4v) is 3.36. The van der Waals surface area contributed by atoms with Gasteiger partial charge < -0.3 is 5.32 Å². The molecule has 0 saturated heterocycles. The molecule has 0 amide bonds. The van der Waals surface area contributed by atoms with Gasteiger partial charge in [0, 0.05) is 6.04 Å². The van der Waals surface area contributed by atoms with Crippen LogP contribution in [0.5, 0.6) is 0 Å². The SMILES string of the molecule is CC(C)NCCCCc1ccc2c3c(cccc13)CC2. The van der Waals surface area contributed by atoms with Crippen LogP contribution in [0.25, 0.3) is 10.8 Å². The minimum absolute atomic E-state index is 0.604. The van der Waals surface area contributed by atoms with Gasteiger partial charge in [-0.05, 0) is 66.1 Å². The highest BCUT2D eigenvalue weighted by atomic mass is 14.9. The van der Waals surface area contributed by atoms with Crippen LogP contribution in [0.15, 0.2) is 30.3 Å². The first-order valence-corrected chi connectivity index (χ1v) is 8.01. The molecule has 1 N–H and O–H groups in total. The largest absolute Gasteiger partial charge is 0.315 e. The molecule has 106 valence electrons. The molecular formula is C19H25N. The fraction of sp³-hybridized carbons (Fsp3) is 0.474. The molecule has 0 bridgehead atoms. The normalized spacial score (nSPS) is 13.6.